The minimum Gasteiger partial charge on any atom is -0.393 e. The number of fused-ring (bicyclic) bond motifs is 1. The van der Waals surface area contributed by atoms with Gasteiger partial charge in [-0.25, -0.2) is 0 Å². The second kappa shape index (κ2) is 7.33. The van der Waals surface area contributed by atoms with Crippen LogP contribution in [0.25, 0.3) is 10.9 Å². The van der Waals surface area contributed by atoms with Crippen molar-refractivity contribution in [2.24, 2.45) is 11.8 Å². The number of nitrogens with zero attached hydrogens (tertiary/aromatic N) is 2. The summed E-state index contributed by atoms with van der Waals surface area (Å²) < 4.78 is 0. The third-order valence-electron chi connectivity index (χ3n) is 5.98. The summed E-state index contributed by atoms with van der Waals surface area (Å²) in [6.45, 7) is 1.95. The van der Waals surface area contributed by atoms with Crippen molar-refractivity contribution < 1.29 is 9.90 Å². The van der Waals surface area contributed by atoms with Crippen LogP contribution in [0.15, 0.2) is 36.5 Å². The third kappa shape index (κ3) is 3.60. The molecule has 1 aliphatic heterocycles. The molecule has 1 atom stereocenters. The van der Waals surface area contributed by atoms with Gasteiger partial charge in [0.05, 0.1) is 17.7 Å². The molecule has 1 aromatic heterocycles. The highest BCUT2D eigenvalue weighted by atomic mass is 16.3. The number of hydrogen-bond donors (Lipinski definition) is 2. The largest absolute Gasteiger partial charge is 0.393 e. The number of piperidine rings is 1. The molecule has 26 heavy (non-hydrogen) atoms. The van der Waals surface area contributed by atoms with E-state index in [2.05, 4.69) is 34.4 Å². The predicted molar refractivity (Wildman–Crippen MR) is 102 cm³/mol. The van der Waals surface area contributed by atoms with Gasteiger partial charge in [-0.15, -0.1) is 0 Å². The standard InChI is InChI=1S/C21H27N3O2/c1-24-8-6-14(7-9-24)21(26)23-20(16-11-18(25)12-16)17-10-15-4-2-3-5-19(15)22-13-17/h2-5,10,13-14,16,18,20,25H,6-9,11-12H2,1H3,(H,23,26). The first kappa shape index (κ1) is 17.4. The van der Waals surface area contributed by atoms with Crippen LogP contribution in [0.3, 0.4) is 0 Å². The lowest BCUT2D eigenvalue weighted by Crippen LogP contribution is -2.45. The number of carbonyl (C=O) groups is 1. The molecule has 2 N–H and O–H groups in total. The maximum atomic E-state index is 12.9. The first-order valence-corrected chi connectivity index (χ1v) is 9.62. The van der Waals surface area contributed by atoms with E-state index < -0.39 is 0 Å². The first-order chi connectivity index (χ1) is 12.6. The number of likely N-dealkylation sites (tertiary alicyclic amines) is 1. The van der Waals surface area contributed by atoms with Gasteiger partial charge in [0.15, 0.2) is 0 Å². The molecule has 5 heteroatoms. The van der Waals surface area contributed by atoms with Gasteiger partial charge in [-0.05, 0) is 69.4 Å². The lowest BCUT2D eigenvalue weighted by molar-refractivity contribution is -0.128. The molecule has 1 amide bonds. The van der Waals surface area contributed by atoms with Gasteiger partial charge >= 0.3 is 0 Å². The number of para-hydroxylation sites is 1. The summed E-state index contributed by atoms with van der Waals surface area (Å²) >= 11 is 0. The molecule has 0 spiro atoms. The van der Waals surface area contributed by atoms with E-state index in [1.807, 2.05) is 24.4 Å². The summed E-state index contributed by atoms with van der Waals surface area (Å²) in [5.41, 5.74) is 2.01. The molecule has 1 aliphatic carbocycles. The number of rotatable bonds is 4. The predicted octanol–water partition coefficient (Wildman–Crippen LogP) is 2.50. The smallest absolute Gasteiger partial charge is 0.223 e. The van der Waals surface area contributed by atoms with Crippen LogP contribution >= 0.6 is 0 Å². The highest BCUT2D eigenvalue weighted by Crippen LogP contribution is 2.38. The molecule has 138 valence electrons. The van der Waals surface area contributed by atoms with E-state index in [0.29, 0.717) is 0 Å². The molecule has 4 rings (SSSR count). The Balaban J connectivity index is 1.54. The Labute approximate surface area is 154 Å². The van der Waals surface area contributed by atoms with Gasteiger partial charge in [0.25, 0.3) is 0 Å². The van der Waals surface area contributed by atoms with Gasteiger partial charge in [-0.3, -0.25) is 9.78 Å². The van der Waals surface area contributed by atoms with Gasteiger partial charge in [0.1, 0.15) is 0 Å². The van der Waals surface area contributed by atoms with E-state index in [-0.39, 0.29) is 29.9 Å². The van der Waals surface area contributed by atoms with Crippen molar-refractivity contribution in [2.45, 2.75) is 37.8 Å². The van der Waals surface area contributed by atoms with Crippen LogP contribution in [0.2, 0.25) is 0 Å². The van der Waals surface area contributed by atoms with Crippen LogP contribution in [0, 0.1) is 11.8 Å². The molecule has 2 fully saturated rings. The van der Waals surface area contributed by atoms with Crippen molar-refractivity contribution in [1.82, 2.24) is 15.2 Å². The fourth-order valence-corrected chi connectivity index (χ4v) is 4.18. The van der Waals surface area contributed by atoms with Crippen LogP contribution < -0.4 is 5.32 Å². The number of aromatic nitrogens is 1. The Morgan fingerprint density at radius 1 is 1.27 bits per heavy atom. The molecule has 1 unspecified atom stereocenters. The molecule has 1 aromatic carbocycles. The quantitative estimate of drug-likeness (QED) is 0.886. The minimum atomic E-state index is -0.240. The van der Waals surface area contributed by atoms with Gasteiger partial charge in [0, 0.05) is 17.5 Å². The molecular weight excluding hydrogens is 326 g/mol. The summed E-state index contributed by atoms with van der Waals surface area (Å²) in [6.07, 6.45) is 4.95. The number of aliphatic hydroxyl groups is 1. The van der Waals surface area contributed by atoms with Gasteiger partial charge < -0.3 is 15.3 Å². The maximum absolute atomic E-state index is 12.9. The fourth-order valence-electron chi connectivity index (χ4n) is 4.18. The average Bonchev–Trinajstić information content (AvgIpc) is 2.64. The van der Waals surface area contributed by atoms with E-state index in [4.69, 9.17) is 0 Å². The van der Waals surface area contributed by atoms with Crippen molar-refractivity contribution >= 4 is 16.8 Å². The zero-order chi connectivity index (χ0) is 18.1. The number of hydrogen-bond acceptors (Lipinski definition) is 4. The highest BCUT2D eigenvalue weighted by Gasteiger charge is 2.37. The molecule has 0 radical (unpaired) electrons. The van der Waals surface area contributed by atoms with Gasteiger partial charge in [-0.1, -0.05) is 18.2 Å². The zero-order valence-electron chi connectivity index (χ0n) is 15.3. The summed E-state index contributed by atoms with van der Waals surface area (Å²) in [4.78, 5) is 19.7. The van der Waals surface area contributed by atoms with Crippen LogP contribution in [0.1, 0.15) is 37.3 Å². The lowest BCUT2D eigenvalue weighted by Gasteiger charge is -2.39. The monoisotopic (exact) mass is 353 g/mol. The van der Waals surface area contributed by atoms with Crippen LogP contribution in [0.5, 0.6) is 0 Å². The Kier molecular flexibility index (Phi) is 4.92. The fraction of sp³-hybridized carbons (Fsp3) is 0.524. The highest BCUT2D eigenvalue weighted by molar-refractivity contribution is 5.81. The van der Waals surface area contributed by atoms with Gasteiger partial charge in [-0.2, -0.15) is 0 Å². The first-order valence-electron chi connectivity index (χ1n) is 9.62. The number of amides is 1. The van der Waals surface area contributed by atoms with Crippen molar-refractivity contribution in [1.29, 1.82) is 0 Å². The molecule has 5 nitrogen and oxygen atoms in total. The van der Waals surface area contributed by atoms with E-state index >= 15 is 0 Å². The van der Waals surface area contributed by atoms with E-state index in [1.165, 1.54) is 0 Å². The topological polar surface area (TPSA) is 65.5 Å². The Morgan fingerprint density at radius 3 is 2.73 bits per heavy atom. The molecular formula is C21H27N3O2. The zero-order valence-corrected chi connectivity index (χ0v) is 15.3. The number of nitrogens with one attached hydrogen (secondary N) is 1. The molecule has 2 aliphatic rings. The molecule has 2 aromatic rings. The molecule has 0 bridgehead atoms. The maximum Gasteiger partial charge on any atom is 0.223 e. The molecule has 1 saturated heterocycles. The van der Waals surface area contributed by atoms with Crippen molar-refractivity contribution in [3.05, 3.63) is 42.1 Å². The van der Waals surface area contributed by atoms with E-state index in [1.54, 1.807) is 0 Å². The second-order valence-corrected chi connectivity index (χ2v) is 7.91. The summed E-state index contributed by atoms with van der Waals surface area (Å²) in [5, 5.41) is 14.1. The average molecular weight is 353 g/mol. The number of benzene rings is 1. The Hall–Kier alpha value is -1.98. The molecule has 1 saturated carbocycles. The number of pyridine rings is 1. The van der Waals surface area contributed by atoms with Crippen molar-refractivity contribution in [2.75, 3.05) is 20.1 Å². The lowest BCUT2D eigenvalue weighted by atomic mass is 9.75. The minimum absolute atomic E-state index is 0.0670. The van der Waals surface area contributed by atoms with Crippen LogP contribution in [0.4, 0.5) is 0 Å². The van der Waals surface area contributed by atoms with E-state index in [0.717, 1.165) is 55.2 Å². The summed E-state index contributed by atoms with van der Waals surface area (Å²) in [6, 6.07) is 10.1. The number of carbonyl (C=O) groups excluding carboxylic acids is 1. The number of aliphatic hydroxyl groups excluding tert-OH is 1. The Bertz CT molecular complexity index is 780. The molecule has 2 heterocycles. The van der Waals surface area contributed by atoms with Crippen molar-refractivity contribution in [3.63, 3.8) is 0 Å². The van der Waals surface area contributed by atoms with Gasteiger partial charge in [0.2, 0.25) is 5.91 Å². The van der Waals surface area contributed by atoms with Crippen molar-refractivity contribution in [3.8, 4) is 0 Å². The van der Waals surface area contributed by atoms with Crippen LogP contribution in [-0.4, -0.2) is 47.1 Å². The summed E-state index contributed by atoms with van der Waals surface area (Å²) in [7, 11) is 2.10. The van der Waals surface area contributed by atoms with Crippen LogP contribution in [-0.2, 0) is 4.79 Å². The normalized spacial score (nSPS) is 25.6. The third-order valence-corrected chi connectivity index (χ3v) is 5.98. The summed E-state index contributed by atoms with van der Waals surface area (Å²) in [5.74, 6) is 0.521. The Morgan fingerprint density at radius 2 is 2.00 bits per heavy atom. The SMILES string of the molecule is CN1CCC(C(=O)NC(c2cnc3ccccc3c2)C2CC(O)C2)CC1. The van der Waals surface area contributed by atoms with E-state index in [9.17, 15) is 9.90 Å². The second-order valence-electron chi connectivity index (χ2n) is 7.91.